The monoisotopic (exact) mass is 396 g/mol. The number of benzene rings is 2. The number of pyridine rings is 1. The van der Waals surface area contributed by atoms with Crippen LogP contribution in [0.25, 0.3) is 10.8 Å². The van der Waals surface area contributed by atoms with E-state index in [-0.39, 0.29) is 10.9 Å². The Bertz CT molecular complexity index is 977. The van der Waals surface area contributed by atoms with Gasteiger partial charge < -0.3 is 5.73 Å². The maximum absolute atomic E-state index is 6.39. The third-order valence-corrected chi connectivity index (χ3v) is 6.18. The molecule has 27 heavy (non-hydrogen) atoms. The number of thioether (sulfide) groups is 1. The van der Waals surface area contributed by atoms with Crippen LogP contribution in [0.2, 0.25) is 5.02 Å². The lowest BCUT2D eigenvalue weighted by Gasteiger charge is -2.29. The summed E-state index contributed by atoms with van der Waals surface area (Å²) < 4.78 is 0. The van der Waals surface area contributed by atoms with Crippen LogP contribution in [0.3, 0.4) is 0 Å². The van der Waals surface area contributed by atoms with Crippen LogP contribution in [-0.2, 0) is 11.3 Å². The Balaban J connectivity index is 1.51. The van der Waals surface area contributed by atoms with Gasteiger partial charge in [-0.25, -0.2) is 0 Å². The Labute approximate surface area is 168 Å². The van der Waals surface area contributed by atoms with Crippen LogP contribution in [0, 0.1) is 0 Å². The van der Waals surface area contributed by atoms with Crippen molar-refractivity contribution < 1.29 is 0 Å². The fraction of sp³-hybridized carbons (Fsp3) is 0.238. The van der Waals surface area contributed by atoms with Crippen molar-refractivity contribution in [3.05, 3.63) is 77.1 Å². The lowest BCUT2D eigenvalue weighted by Crippen LogP contribution is -2.46. The first-order valence-electron chi connectivity index (χ1n) is 8.89. The summed E-state index contributed by atoms with van der Waals surface area (Å²) >= 11 is 7.85. The molecular formula is C21H21ClN4S. The minimum absolute atomic E-state index is 0.0143. The number of fused-ring (bicyclic) bond motifs is 1. The largest absolute Gasteiger partial charge is 0.326 e. The molecular weight excluding hydrogens is 376 g/mol. The van der Waals surface area contributed by atoms with Crippen molar-refractivity contribution in [2.45, 2.75) is 17.3 Å². The highest BCUT2D eigenvalue weighted by molar-refractivity contribution is 8.01. The first kappa shape index (κ1) is 18.4. The molecule has 0 fully saturated rings. The molecule has 3 N–H and O–H groups in total. The topological polar surface area (TPSA) is 63.3 Å². The standard InChI is InChI=1S/C21H21ClN4S/c22-19-3-1-2-15(8-19)9-20(23)12-26-21(13-25-14-27-21)18-5-4-17-11-24-7-6-16(17)10-18/h1-8,10-11,13,20,26H,9,12,14,23H2/t20-,21?/m0/s1. The number of nitrogens with one attached hydrogen (secondary N) is 1. The van der Waals surface area contributed by atoms with E-state index in [1.54, 1.807) is 11.8 Å². The first-order chi connectivity index (χ1) is 13.1. The molecule has 1 aliphatic rings. The van der Waals surface area contributed by atoms with Gasteiger partial charge in [-0.05, 0) is 47.2 Å². The predicted octanol–water partition coefficient (Wildman–Crippen LogP) is 3.98. The quantitative estimate of drug-likeness (QED) is 0.661. The van der Waals surface area contributed by atoms with E-state index in [0.29, 0.717) is 6.54 Å². The molecule has 6 heteroatoms. The molecule has 2 atom stereocenters. The number of aliphatic imine (C=N–C) groups is 1. The van der Waals surface area contributed by atoms with Crippen molar-refractivity contribution in [2.24, 2.45) is 10.7 Å². The summed E-state index contributed by atoms with van der Waals surface area (Å²) in [6.45, 7) is 0.680. The summed E-state index contributed by atoms with van der Waals surface area (Å²) in [7, 11) is 0. The molecule has 138 valence electrons. The Kier molecular flexibility index (Phi) is 5.45. The Hall–Kier alpha value is -1.92. The van der Waals surface area contributed by atoms with Crippen molar-refractivity contribution in [3.8, 4) is 0 Å². The average molecular weight is 397 g/mol. The van der Waals surface area contributed by atoms with Gasteiger partial charge in [0, 0.05) is 41.6 Å². The number of hydrogen-bond acceptors (Lipinski definition) is 5. The van der Waals surface area contributed by atoms with E-state index in [1.165, 1.54) is 10.9 Å². The van der Waals surface area contributed by atoms with Crippen molar-refractivity contribution in [2.75, 3.05) is 12.4 Å². The number of aromatic nitrogens is 1. The fourth-order valence-electron chi connectivity index (χ4n) is 3.33. The van der Waals surface area contributed by atoms with E-state index in [1.807, 2.05) is 42.9 Å². The molecule has 0 bridgehead atoms. The van der Waals surface area contributed by atoms with Gasteiger partial charge in [-0.1, -0.05) is 35.9 Å². The van der Waals surface area contributed by atoms with Gasteiger partial charge in [-0.3, -0.25) is 15.3 Å². The molecule has 2 heterocycles. The molecule has 1 unspecified atom stereocenters. The number of nitrogens with zero attached hydrogens (tertiary/aromatic N) is 2. The van der Waals surface area contributed by atoms with Crippen LogP contribution < -0.4 is 11.1 Å². The van der Waals surface area contributed by atoms with E-state index >= 15 is 0 Å². The van der Waals surface area contributed by atoms with Gasteiger partial charge in [0.2, 0.25) is 0 Å². The fourth-order valence-corrected chi connectivity index (χ4v) is 4.53. The van der Waals surface area contributed by atoms with Crippen molar-refractivity contribution >= 4 is 40.3 Å². The van der Waals surface area contributed by atoms with Crippen LogP contribution >= 0.6 is 23.4 Å². The molecule has 0 spiro atoms. The number of rotatable bonds is 6. The van der Waals surface area contributed by atoms with Gasteiger partial charge in [0.05, 0.1) is 5.88 Å². The predicted molar refractivity (Wildman–Crippen MR) is 116 cm³/mol. The van der Waals surface area contributed by atoms with Crippen LogP contribution in [0.1, 0.15) is 11.1 Å². The number of halogens is 1. The summed E-state index contributed by atoms with van der Waals surface area (Å²) in [5.41, 5.74) is 8.73. The van der Waals surface area contributed by atoms with Gasteiger partial charge in [-0.2, -0.15) is 0 Å². The number of hydrogen-bond donors (Lipinski definition) is 2. The molecule has 1 aromatic heterocycles. The second-order valence-corrected chi connectivity index (χ2v) is 8.36. The Morgan fingerprint density at radius 1 is 1.19 bits per heavy atom. The lowest BCUT2D eigenvalue weighted by atomic mass is 10.0. The van der Waals surface area contributed by atoms with Gasteiger partial charge in [-0.15, -0.1) is 11.8 Å². The molecule has 1 aliphatic heterocycles. The SMILES string of the molecule is N[C@H](CNC1(c2ccc3cnccc3c2)C=NCS1)Cc1cccc(Cl)c1. The summed E-state index contributed by atoms with van der Waals surface area (Å²) in [5, 5.41) is 6.70. The molecule has 4 rings (SSSR count). The van der Waals surface area contributed by atoms with Crippen molar-refractivity contribution in [1.29, 1.82) is 0 Å². The minimum Gasteiger partial charge on any atom is -0.326 e. The van der Waals surface area contributed by atoms with Crippen LogP contribution in [0.4, 0.5) is 0 Å². The van der Waals surface area contributed by atoms with Gasteiger partial charge >= 0.3 is 0 Å². The third-order valence-electron chi connectivity index (χ3n) is 4.72. The molecule has 4 nitrogen and oxygen atoms in total. The zero-order chi connectivity index (χ0) is 18.7. The third kappa shape index (κ3) is 4.17. The molecule has 0 radical (unpaired) electrons. The maximum atomic E-state index is 6.39. The van der Waals surface area contributed by atoms with Gasteiger partial charge in [0.15, 0.2) is 0 Å². The molecule has 0 aliphatic carbocycles. The summed E-state index contributed by atoms with van der Waals surface area (Å²) in [6.07, 6.45) is 6.49. The van der Waals surface area contributed by atoms with Crippen LogP contribution in [0.15, 0.2) is 65.9 Å². The highest BCUT2D eigenvalue weighted by Crippen LogP contribution is 2.37. The van der Waals surface area contributed by atoms with Crippen LogP contribution in [-0.4, -0.2) is 29.7 Å². The minimum atomic E-state index is -0.344. The van der Waals surface area contributed by atoms with Crippen LogP contribution in [0.5, 0.6) is 0 Å². The summed E-state index contributed by atoms with van der Waals surface area (Å²) in [4.78, 5) is 8.32. The maximum Gasteiger partial charge on any atom is 0.128 e. The molecule has 3 aromatic rings. The van der Waals surface area contributed by atoms with E-state index in [0.717, 1.165) is 28.3 Å². The number of nitrogens with two attached hydrogens (primary N) is 1. The van der Waals surface area contributed by atoms with Crippen molar-refractivity contribution in [3.63, 3.8) is 0 Å². The smallest absolute Gasteiger partial charge is 0.128 e. The summed E-state index contributed by atoms with van der Waals surface area (Å²) in [6, 6.07) is 16.4. The van der Waals surface area contributed by atoms with E-state index in [2.05, 4.69) is 39.6 Å². The average Bonchev–Trinajstić information content (AvgIpc) is 3.16. The second kappa shape index (κ2) is 7.98. The van der Waals surface area contributed by atoms with E-state index < -0.39 is 0 Å². The molecule has 0 amide bonds. The lowest BCUT2D eigenvalue weighted by molar-refractivity contribution is 0.535. The zero-order valence-electron chi connectivity index (χ0n) is 14.8. The highest BCUT2D eigenvalue weighted by Gasteiger charge is 2.34. The van der Waals surface area contributed by atoms with Gasteiger partial charge in [0.25, 0.3) is 0 Å². The molecule has 0 saturated carbocycles. The van der Waals surface area contributed by atoms with E-state index in [9.17, 15) is 0 Å². The van der Waals surface area contributed by atoms with Gasteiger partial charge in [0.1, 0.15) is 4.87 Å². The Morgan fingerprint density at radius 3 is 2.93 bits per heavy atom. The normalized spacial score (nSPS) is 20.2. The first-order valence-corrected chi connectivity index (χ1v) is 10.3. The van der Waals surface area contributed by atoms with E-state index in [4.69, 9.17) is 17.3 Å². The second-order valence-electron chi connectivity index (χ2n) is 6.73. The summed E-state index contributed by atoms with van der Waals surface area (Å²) in [5.74, 6) is 0.741. The van der Waals surface area contributed by atoms with Crippen molar-refractivity contribution in [1.82, 2.24) is 10.3 Å². The highest BCUT2D eigenvalue weighted by atomic mass is 35.5. The zero-order valence-corrected chi connectivity index (χ0v) is 16.4. The Morgan fingerprint density at radius 2 is 2.11 bits per heavy atom. The molecule has 2 aromatic carbocycles. The molecule has 0 saturated heterocycles.